The summed E-state index contributed by atoms with van der Waals surface area (Å²) in [4.78, 5) is 28.6. The van der Waals surface area contributed by atoms with Crippen LogP contribution < -0.4 is 10.6 Å². The zero-order valence-corrected chi connectivity index (χ0v) is 17.0. The molecule has 1 fully saturated rings. The third-order valence-corrected chi connectivity index (χ3v) is 6.34. The zero-order valence-electron chi connectivity index (χ0n) is 17.0. The summed E-state index contributed by atoms with van der Waals surface area (Å²) in [6, 6.07) is 19.9. The molecule has 2 aliphatic rings. The van der Waals surface area contributed by atoms with Crippen molar-refractivity contribution in [3.05, 3.63) is 77.5 Å². The molecule has 3 aromatic rings. The Kier molecular flexibility index (Phi) is 4.70. The molecule has 31 heavy (non-hydrogen) atoms. The van der Waals surface area contributed by atoms with Crippen LogP contribution in [0.15, 0.2) is 60.7 Å². The van der Waals surface area contributed by atoms with E-state index in [9.17, 15) is 14.7 Å². The number of rotatable bonds is 4. The molecular formula is C25H23N3O3. The topological polar surface area (TPSA) is 91.3 Å². The summed E-state index contributed by atoms with van der Waals surface area (Å²) in [5.41, 5.74) is 5.61. The van der Waals surface area contributed by atoms with Gasteiger partial charge in [-0.25, -0.2) is 4.79 Å². The van der Waals surface area contributed by atoms with Gasteiger partial charge in [-0.15, -0.1) is 0 Å². The molecule has 1 aromatic heterocycles. The van der Waals surface area contributed by atoms with E-state index in [1.807, 2.05) is 60.7 Å². The van der Waals surface area contributed by atoms with Crippen LogP contribution in [0.25, 0.3) is 22.4 Å². The van der Waals surface area contributed by atoms with Gasteiger partial charge in [-0.05, 0) is 36.5 Å². The van der Waals surface area contributed by atoms with Gasteiger partial charge in [0.2, 0.25) is 0 Å². The summed E-state index contributed by atoms with van der Waals surface area (Å²) in [6.45, 7) is 0.589. The third kappa shape index (κ3) is 3.44. The molecule has 6 nitrogen and oxygen atoms in total. The van der Waals surface area contributed by atoms with Crippen LogP contribution in [0.2, 0.25) is 0 Å². The van der Waals surface area contributed by atoms with Crippen molar-refractivity contribution in [2.75, 3.05) is 6.54 Å². The second kappa shape index (κ2) is 7.54. The number of hydrogen-bond donors (Lipinski definition) is 3. The van der Waals surface area contributed by atoms with Crippen LogP contribution in [0.4, 0.5) is 4.79 Å². The maximum absolute atomic E-state index is 12.4. The van der Waals surface area contributed by atoms with E-state index in [1.54, 1.807) is 0 Å². The number of aromatic nitrogens is 1. The predicted octanol–water partition coefficient (Wildman–Crippen LogP) is 4.35. The smallest absolute Gasteiger partial charge is 0.405 e. The number of amides is 2. The van der Waals surface area contributed by atoms with Gasteiger partial charge < -0.3 is 15.7 Å². The molecule has 0 unspecified atom stereocenters. The molecule has 2 aromatic carbocycles. The average molecular weight is 413 g/mol. The molecule has 6 heteroatoms. The summed E-state index contributed by atoms with van der Waals surface area (Å²) >= 11 is 0. The highest BCUT2D eigenvalue weighted by molar-refractivity contribution is 5.99. The standard InChI is InChI=1S/C25H23N3O3/c29-23-20-15-19(16-5-2-1-3-6-16)22(27-21(20)11-14-26-23)17-7-9-18(10-8-17)25(12-4-13-25)28-24(30)31/h1-3,5-10,15,28H,4,11-14H2,(H,26,29)(H,30,31). The van der Waals surface area contributed by atoms with Gasteiger partial charge in [-0.1, -0.05) is 54.6 Å². The number of carbonyl (C=O) groups excluding carboxylic acids is 1. The predicted molar refractivity (Wildman–Crippen MR) is 118 cm³/mol. The molecule has 156 valence electrons. The first-order valence-electron chi connectivity index (χ1n) is 10.6. The highest BCUT2D eigenvalue weighted by Crippen LogP contribution is 2.42. The van der Waals surface area contributed by atoms with Crippen molar-refractivity contribution in [3.8, 4) is 22.4 Å². The first kappa shape index (κ1) is 19.3. The Labute approximate surface area is 180 Å². The zero-order chi connectivity index (χ0) is 21.4. The number of nitrogens with zero attached hydrogens (tertiary/aromatic N) is 1. The van der Waals surface area contributed by atoms with Crippen molar-refractivity contribution in [1.29, 1.82) is 0 Å². The molecule has 0 saturated heterocycles. The molecule has 0 bridgehead atoms. The number of benzene rings is 2. The minimum Gasteiger partial charge on any atom is -0.465 e. The summed E-state index contributed by atoms with van der Waals surface area (Å²) < 4.78 is 0. The lowest BCUT2D eigenvalue weighted by atomic mass is 9.71. The van der Waals surface area contributed by atoms with Crippen molar-refractivity contribution in [3.63, 3.8) is 0 Å². The lowest BCUT2D eigenvalue weighted by Crippen LogP contribution is -2.50. The molecule has 1 aliphatic heterocycles. The Balaban J connectivity index is 1.60. The Morgan fingerprint density at radius 3 is 2.39 bits per heavy atom. The van der Waals surface area contributed by atoms with Crippen molar-refractivity contribution >= 4 is 12.0 Å². The average Bonchev–Trinajstić information content (AvgIpc) is 2.76. The Bertz CT molecular complexity index is 1150. The molecule has 3 N–H and O–H groups in total. The lowest BCUT2D eigenvalue weighted by molar-refractivity contribution is 0.0945. The van der Waals surface area contributed by atoms with Crippen LogP contribution in [-0.4, -0.2) is 28.6 Å². The largest absolute Gasteiger partial charge is 0.465 e. The van der Waals surface area contributed by atoms with E-state index in [4.69, 9.17) is 4.98 Å². The first-order chi connectivity index (χ1) is 15.1. The minimum absolute atomic E-state index is 0.0838. The monoisotopic (exact) mass is 413 g/mol. The fraction of sp³-hybridized carbons (Fsp3) is 0.240. The van der Waals surface area contributed by atoms with Gasteiger partial charge in [0.05, 0.1) is 22.5 Å². The Morgan fingerprint density at radius 1 is 1.00 bits per heavy atom. The molecule has 2 heterocycles. The van der Waals surface area contributed by atoms with Crippen molar-refractivity contribution < 1.29 is 14.7 Å². The van der Waals surface area contributed by atoms with Crippen molar-refractivity contribution in [1.82, 2.24) is 15.6 Å². The number of carbonyl (C=O) groups is 2. The second-order valence-corrected chi connectivity index (χ2v) is 8.19. The molecule has 0 radical (unpaired) electrons. The van der Waals surface area contributed by atoms with E-state index >= 15 is 0 Å². The number of carboxylic acid groups (broad SMARTS) is 1. The Morgan fingerprint density at radius 2 is 1.74 bits per heavy atom. The quantitative estimate of drug-likeness (QED) is 0.593. The fourth-order valence-electron chi connectivity index (χ4n) is 4.55. The fourth-order valence-corrected chi connectivity index (χ4v) is 4.55. The molecule has 1 aliphatic carbocycles. The van der Waals surface area contributed by atoms with Crippen molar-refractivity contribution in [2.24, 2.45) is 0 Å². The van der Waals surface area contributed by atoms with Crippen LogP contribution in [-0.2, 0) is 12.0 Å². The summed E-state index contributed by atoms with van der Waals surface area (Å²) in [6.07, 6.45) is 2.33. The van der Waals surface area contributed by atoms with Gasteiger partial charge in [0.25, 0.3) is 5.91 Å². The van der Waals surface area contributed by atoms with Gasteiger partial charge in [-0.2, -0.15) is 0 Å². The van der Waals surface area contributed by atoms with Gasteiger partial charge in [-0.3, -0.25) is 9.78 Å². The normalized spacial score (nSPS) is 16.6. The van der Waals surface area contributed by atoms with Crippen LogP contribution in [0, 0.1) is 0 Å². The summed E-state index contributed by atoms with van der Waals surface area (Å²) in [5, 5.41) is 14.9. The number of hydrogen-bond acceptors (Lipinski definition) is 3. The SMILES string of the molecule is O=C(O)NC1(c2ccc(-c3nc4c(cc3-c3ccccc3)C(=O)NCC4)cc2)CCC1. The lowest BCUT2D eigenvalue weighted by Gasteiger charge is -2.42. The number of fused-ring (bicyclic) bond motifs is 1. The highest BCUT2D eigenvalue weighted by atomic mass is 16.4. The van der Waals surface area contributed by atoms with E-state index in [0.717, 1.165) is 52.9 Å². The van der Waals surface area contributed by atoms with Gasteiger partial charge in [0.1, 0.15) is 0 Å². The number of nitrogens with one attached hydrogen (secondary N) is 2. The van der Waals surface area contributed by atoms with E-state index in [0.29, 0.717) is 18.5 Å². The van der Waals surface area contributed by atoms with E-state index in [-0.39, 0.29) is 5.91 Å². The maximum atomic E-state index is 12.4. The highest BCUT2D eigenvalue weighted by Gasteiger charge is 2.40. The molecule has 5 rings (SSSR count). The molecule has 2 amide bonds. The van der Waals surface area contributed by atoms with E-state index < -0.39 is 11.6 Å². The second-order valence-electron chi connectivity index (χ2n) is 8.19. The molecular weight excluding hydrogens is 390 g/mol. The van der Waals surface area contributed by atoms with Gasteiger partial charge in [0.15, 0.2) is 0 Å². The van der Waals surface area contributed by atoms with Crippen LogP contribution >= 0.6 is 0 Å². The maximum Gasteiger partial charge on any atom is 0.405 e. The Hall–Kier alpha value is -3.67. The molecule has 0 atom stereocenters. The number of pyridine rings is 1. The van der Waals surface area contributed by atoms with E-state index in [1.165, 1.54) is 0 Å². The van der Waals surface area contributed by atoms with Gasteiger partial charge >= 0.3 is 6.09 Å². The van der Waals surface area contributed by atoms with Gasteiger partial charge in [0, 0.05) is 24.1 Å². The minimum atomic E-state index is -0.996. The summed E-state index contributed by atoms with van der Waals surface area (Å²) in [5.74, 6) is -0.0838. The third-order valence-electron chi connectivity index (χ3n) is 6.34. The van der Waals surface area contributed by atoms with Crippen LogP contribution in [0.3, 0.4) is 0 Å². The van der Waals surface area contributed by atoms with E-state index in [2.05, 4.69) is 10.6 Å². The molecule has 0 spiro atoms. The van der Waals surface area contributed by atoms with Crippen LogP contribution in [0.1, 0.15) is 40.9 Å². The summed E-state index contributed by atoms with van der Waals surface area (Å²) in [7, 11) is 0. The molecule has 1 saturated carbocycles. The van der Waals surface area contributed by atoms with Crippen molar-refractivity contribution in [2.45, 2.75) is 31.2 Å². The van der Waals surface area contributed by atoms with Crippen LogP contribution in [0.5, 0.6) is 0 Å². The first-order valence-corrected chi connectivity index (χ1v) is 10.6.